The highest BCUT2D eigenvalue weighted by atomic mass is 16.2. The fraction of sp³-hybridized carbons (Fsp3) is 0.444. The number of aromatic nitrogens is 4. The molecule has 8 rings (SSSR count). The van der Waals surface area contributed by atoms with Gasteiger partial charge >= 0.3 is 0 Å². The zero-order chi connectivity index (χ0) is 21.8. The highest BCUT2D eigenvalue weighted by Crippen LogP contribution is 2.60. The van der Waals surface area contributed by atoms with E-state index in [1.54, 1.807) is 0 Å². The van der Waals surface area contributed by atoms with Gasteiger partial charge in [-0.25, -0.2) is 9.97 Å². The number of carbonyl (C=O) groups excluding carboxylic acids is 1. The van der Waals surface area contributed by atoms with E-state index in [4.69, 9.17) is 4.98 Å². The fourth-order valence-electron chi connectivity index (χ4n) is 6.94. The molecule has 166 valence electrons. The van der Waals surface area contributed by atoms with Crippen molar-refractivity contribution in [2.24, 2.45) is 30.7 Å². The van der Waals surface area contributed by atoms with Crippen molar-refractivity contribution in [2.75, 3.05) is 6.54 Å². The maximum Gasteiger partial charge on any atom is 0.254 e. The number of hydrogen-bond acceptors (Lipinski definition) is 3. The van der Waals surface area contributed by atoms with Gasteiger partial charge in [-0.2, -0.15) is 0 Å². The molecule has 0 spiro atoms. The summed E-state index contributed by atoms with van der Waals surface area (Å²) in [6.45, 7) is 1.94. The van der Waals surface area contributed by atoms with Gasteiger partial charge in [0.2, 0.25) is 0 Å². The molecule has 4 aromatic rings. The predicted octanol–water partition coefficient (Wildman–Crippen LogP) is 4.48. The Morgan fingerprint density at radius 3 is 2.85 bits per heavy atom. The first-order valence-corrected chi connectivity index (χ1v) is 12.4. The van der Waals surface area contributed by atoms with E-state index in [2.05, 4.69) is 44.3 Å². The van der Waals surface area contributed by atoms with Gasteiger partial charge in [-0.1, -0.05) is 0 Å². The fourth-order valence-corrected chi connectivity index (χ4v) is 6.94. The summed E-state index contributed by atoms with van der Waals surface area (Å²) in [5, 5.41) is 1.15. The van der Waals surface area contributed by atoms with Crippen LogP contribution in [0, 0.1) is 23.7 Å². The van der Waals surface area contributed by atoms with E-state index in [9.17, 15) is 4.79 Å². The molecule has 3 saturated carbocycles. The average Bonchev–Trinajstić information content (AvgIpc) is 3.48. The number of benzene rings is 1. The van der Waals surface area contributed by atoms with Crippen LogP contribution in [-0.4, -0.2) is 42.5 Å². The molecule has 1 aliphatic heterocycles. The third-order valence-electron chi connectivity index (χ3n) is 8.93. The summed E-state index contributed by atoms with van der Waals surface area (Å²) in [6, 6.07) is 12.9. The maximum absolute atomic E-state index is 13.4. The van der Waals surface area contributed by atoms with Crippen molar-refractivity contribution in [3.63, 3.8) is 0 Å². The molecular formula is C27H27N5O. The number of pyridine rings is 1. The number of imidazole rings is 1. The van der Waals surface area contributed by atoms with Gasteiger partial charge in [0.15, 0.2) is 5.82 Å². The van der Waals surface area contributed by atoms with Gasteiger partial charge in [0, 0.05) is 43.3 Å². The van der Waals surface area contributed by atoms with E-state index < -0.39 is 0 Å². The first kappa shape index (κ1) is 18.3. The SMILES string of the molecule is Cn1c(-c2cc3cccnc3n2CC2CC2)nc2cc(C(=O)N3C[C@H]4CC5C[C@@H]3[C@H]54)ccc21. The Morgan fingerprint density at radius 1 is 1.12 bits per heavy atom. The third-order valence-corrected chi connectivity index (χ3v) is 8.93. The van der Waals surface area contributed by atoms with Gasteiger partial charge < -0.3 is 14.0 Å². The first-order valence-electron chi connectivity index (χ1n) is 12.4. The van der Waals surface area contributed by atoms with E-state index in [0.29, 0.717) is 6.04 Å². The molecule has 1 amide bonds. The molecule has 6 nitrogen and oxygen atoms in total. The second-order valence-corrected chi connectivity index (χ2v) is 10.8. The Kier molecular flexibility index (Phi) is 3.46. The molecule has 4 fully saturated rings. The van der Waals surface area contributed by atoms with Crippen LogP contribution in [0.5, 0.6) is 0 Å². The zero-order valence-corrected chi connectivity index (χ0v) is 18.8. The Balaban J connectivity index is 1.20. The monoisotopic (exact) mass is 437 g/mol. The van der Waals surface area contributed by atoms with Crippen molar-refractivity contribution in [1.82, 2.24) is 24.0 Å². The van der Waals surface area contributed by atoms with Crippen LogP contribution >= 0.6 is 0 Å². The minimum atomic E-state index is 0.189. The minimum Gasteiger partial charge on any atom is -0.335 e. The summed E-state index contributed by atoms with van der Waals surface area (Å²) >= 11 is 0. The summed E-state index contributed by atoms with van der Waals surface area (Å²) in [5.74, 6) is 4.31. The topological polar surface area (TPSA) is 56.0 Å². The first-order chi connectivity index (χ1) is 16.2. The zero-order valence-electron chi connectivity index (χ0n) is 18.8. The molecule has 1 aromatic carbocycles. The molecule has 0 bridgehead atoms. The highest BCUT2D eigenvalue weighted by molar-refractivity contribution is 5.98. The van der Waals surface area contributed by atoms with Crippen LogP contribution in [0.4, 0.5) is 0 Å². The summed E-state index contributed by atoms with van der Waals surface area (Å²) < 4.78 is 4.50. The summed E-state index contributed by atoms with van der Waals surface area (Å²) in [7, 11) is 2.07. The van der Waals surface area contributed by atoms with Crippen LogP contribution in [-0.2, 0) is 13.6 Å². The number of rotatable bonds is 4. The molecule has 4 aliphatic rings. The number of amides is 1. The van der Waals surface area contributed by atoms with Crippen LogP contribution < -0.4 is 0 Å². The van der Waals surface area contributed by atoms with Gasteiger partial charge in [0.1, 0.15) is 5.65 Å². The molecule has 4 heterocycles. The lowest BCUT2D eigenvalue weighted by molar-refractivity contribution is -0.0204. The normalized spacial score (nSPS) is 27.6. The maximum atomic E-state index is 13.4. The lowest BCUT2D eigenvalue weighted by Gasteiger charge is -2.52. The number of carbonyl (C=O) groups is 1. The Morgan fingerprint density at radius 2 is 2.03 bits per heavy atom. The summed E-state index contributed by atoms with van der Waals surface area (Å²) in [6.07, 6.45) is 7.00. The van der Waals surface area contributed by atoms with Crippen LogP contribution in [0.2, 0.25) is 0 Å². The van der Waals surface area contributed by atoms with Crippen molar-refractivity contribution >= 4 is 28.0 Å². The van der Waals surface area contributed by atoms with E-state index >= 15 is 0 Å². The quantitative estimate of drug-likeness (QED) is 0.473. The number of hydrogen-bond donors (Lipinski definition) is 0. The second kappa shape index (κ2) is 6.25. The van der Waals surface area contributed by atoms with Crippen LogP contribution in [0.1, 0.15) is 36.0 Å². The van der Waals surface area contributed by atoms with Gasteiger partial charge in [0.05, 0.1) is 16.7 Å². The molecule has 0 radical (unpaired) electrons. The summed E-state index contributed by atoms with van der Waals surface area (Å²) in [5.41, 5.74) is 4.87. The van der Waals surface area contributed by atoms with E-state index in [1.165, 1.54) is 25.7 Å². The van der Waals surface area contributed by atoms with Crippen molar-refractivity contribution in [1.29, 1.82) is 0 Å². The number of aryl methyl sites for hydroxylation is 1. The number of nitrogens with zero attached hydrogens (tertiary/aromatic N) is 5. The summed E-state index contributed by atoms with van der Waals surface area (Å²) in [4.78, 5) is 25.3. The number of likely N-dealkylation sites (tertiary alicyclic amines) is 1. The predicted molar refractivity (Wildman–Crippen MR) is 127 cm³/mol. The van der Waals surface area contributed by atoms with E-state index in [0.717, 1.165) is 75.9 Å². The van der Waals surface area contributed by atoms with Gasteiger partial charge in [0.25, 0.3) is 5.91 Å². The molecule has 3 aromatic heterocycles. The molecular weight excluding hydrogens is 410 g/mol. The van der Waals surface area contributed by atoms with E-state index in [1.807, 2.05) is 24.4 Å². The van der Waals surface area contributed by atoms with Crippen LogP contribution in [0.3, 0.4) is 0 Å². The average molecular weight is 438 g/mol. The number of fused-ring (bicyclic) bond motifs is 2. The molecule has 1 unspecified atom stereocenters. The Hall–Kier alpha value is -3.15. The highest BCUT2D eigenvalue weighted by Gasteiger charge is 2.61. The lowest BCUT2D eigenvalue weighted by atomic mass is 9.53. The van der Waals surface area contributed by atoms with Gasteiger partial charge in [-0.15, -0.1) is 0 Å². The Bertz CT molecular complexity index is 1460. The van der Waals surface area contributed by atoms with Crippen LogP contribution in [0.25, 0.3) is 33.6 Å². The van der Waals surface area contributed by atoms with Gasteiger partial charge in [-0.05, 0) is 85.8 Å². The molecule has 33 heavy (non-hydrogen) atoms. The third kappa shape index (κ3) is 2.47. The molecule has 1 saturated heterocycles. The smallest absolute Gasteiger partial charge is 0.254 e. The Labute approximate surface area is 192 Å². The molecule has 6 heteroatoms. The molecule has 4 atom stereocenters. The van der Waals surface area contributed by atoms with E-state index in [-0.39, 0.29) is 5.91 Å². The van der Waals surface area contributed by atoms with Crippen molar-refractivity contribution in [2.45, 2.75) is 38.3 Å². The largest absolute Gasteiger partial charge is 0.335 e. The van der Waals surface area contributed by atoms with Crippen molar-refractivity contribution in [3.8, 4) is 11.5 Å². The molecule has 3 aliphatic carbocycles. The van der Waals surface area contributed by atoms with Crippen LogP contribution in [0.15, 0.2) is 42.6 Å². The lowest BCUT2D eigenvalue weighted by Crippen LogP contribution is -2.53. The molecule has 0 N–H and O–H groups in total. The van der Waals surface area contributed by atoms with Crippen molar-refractivity contribution in [3.05, 3.63) is 48.2 Å². The minimum absolute atomic E-state index is 0.189. The standard InChI is InChI=1S/C27H27N5O/c1-30-21-7-6-17(27(33)32-14-19-9-18-12-22(32)24(18)19)10-20(21)29-26(30)23-11-16-3-2-8-28-25(16)31(23)13-15-4-5-15/h2-3,6-8,10-11,15,18-19,22,24H,4-5,9,12-14H2,1H3/t18?,19-,22-,24-/m1/s1. The second-order valence-electron chi connectivity index (χ2n) is 10.8. The van der Waals surface area contributed by atoms with Crippen molar-refractivity contribution < 1.29 is 4.79 Å². The van der Waals surface area contributed by atoms with Gasteiger partial charge in [-0.3, -0.25) is 4.79 Å².